The van der Waals surface area contributed by atoms with Gasteiger partial charge >= 0.3 is 0 Å². The van der Waals surface area contributed by atoms with E-state index in [1.165, 1.54) is 0 Å². The van der Waals surface area contributed by atoms with E-state index < -0.39 is 0 Å². The molecule has 1 aromatic carbocycles. The summed E-state index contributed by atoms with van der Waals surface area (Å²) < 4.78 is 5.09. The summed E-state index contributed by atoms with van der Waals surface area (Å²) >= 11 is 0. The lowest BCUT2D eigenvalue weighted by Crippen LogP contribution is -2.23. The molecule has 0 aliphatic heterocycles. The molecular weight excluding hydrogens is 302 g/mol. The van der Waals surface area contributed by atoms with Gasteiger partial charge in [0.2, 0.25) is 0 Å². The summed E-state index contributed by atoms with van der Waals surface area (Å²) in [6.07, 6.45) is 6.81. The Morgan fingerprint density at radius 3 is 2.88 bits per heavy atom. The predicted molar refractivity (Wildman–Crippen MR) is 91.4 cm³/mol. The Hall–Kier alpha value is -3.34. The topological polar surface area (TPSA) is 70.9 Å². The molecule has 118 valence electrons. The SMILES string of the molecule is O=C(NCc1cncc(-c2ccoc2)c1)c1cc2ccccc2[nH]1. The van der Waals surface area contributed by atoms with Crippen molar-refractivity contribution in [1.29, 1.82) is 0 Å². The highest BCUT2D eigenvalue weighted by atomic mass is 16.3. The monoisotopic (exact) mass is 317 g/mol. The van der Waals surface area contributed by atoms with Crippen molar-refractivity contribution < 1.29 is 9.21 Å². The number of benzene rings is 1. The molecule has 0 atom stereocenters. The fourth-order valence-corrected chi connectivity index (χ4v) is 2.64. The van der Waals surface area contributed by atoms with Crippen LogP contribution in [-0.2, 0) is 6.54 Å². The Bertz CT molecular complexity index is 954. The normalized spacial score (nSPS) is 10.8. The zero-order valence-electron chi connectivity index (χ0n) is 12.8. The molecule has 5 heteroatoms. The first kappa shape index (κ1) is 14.3. The third-order valence-corrected chi connectivity index (χ3v) is 3.88. The predicted octanol–water partition coefficient (Wildman–Crippen LogP) is 3.75. The number of carbonyl (C=O) groups is 1. The molecule has 0 fully saturated rings. The average molecular weight is 317 g/mol. The molecule has 0 aliphatic carbocycles. The van der Waals surface area contributed by atoms with Crippen LogP contribution in [0.3, 0.4) is 0 Å². The van der Waals surface area contributed by atoms with Crippen molar-refractivity contribution in [3.8, 4) is 11.1 Å². The van der Waals surface area contributed by atoms with Gasteiger partial charge in [0, 0.05) is 41.0 Å². The number of aromatic nitrogens is 2. The largest absolute Gasteiger partial charge is 0.472 e. The van der Waals surface area contributed by atoms with Gasteiger partial charge in [0.05, 0.1) is 12.5 Å². The van der Waals surface area contributed by atoms with Gasteiger partial charge in [-0.3, -0.25) is 9.78 Å². The number of carbonyl (C=O) groups excluding carboxylic acids is 1. The molecular formula is C19H15N3O2. The highest BCUT2D eigenvalue weighted by Gasteiger charge is 2.09. The highest BCUT2D eigenvalue weighted by molar-refractivity contribution is 5.97. The molecule has 3 aromatic heterocycles. The summed E-state index contributed by atoms with van der Waals surface area (Å²) in [5.41, 5.74) is 4.35. The molecule has 0 unspecified atom stereocenters. The molecule has 5 nitrogen and oxygen atoms in total. The van der Waals surface area contributed by atoms with Crippen LogP contribution in [-0.4, -0.2) is 15.9 Å². The molecule has 0 spiro atoms. The lowest BCUT2D eigenvalue weighted by atomic mass is 10.1. The number of hydrogen-bond donors (Lipinski definition) is 2. The van der Waals surface area contributed by atoms with E-state index in [0.717, 1.165) is 27.6 Å². The van der Waals surface area contributed by atoms with Crippen LogP contribution in [0.5, 0.6) is 0 Å². The van der Waals surface area contributed by atoms with E-state index in [2.05, 4.69) is 15.3 Å². The van der Waals surface area contributed by atoms with Crippen LogP contribution in [0.25, 0.3) is 22.0 Å². The molecule has 0 aliphatic rings. The molecule has 0 bridgehead atoms. The first-order valence-electron chi connectivity index (χ1n) is 7.62. The van der Waals surface area contributed by atoms with Crippen molar-refractivity contribution in [2.45, 2.75) is 6.54 Å². The van der Waals surface area contributed by atoms with Gasteiger partial charge < -0.3 is 14.7 Å². The molecule has 4 rings (SSSR count). The number of pyridine rings is 1. The van der Waals surface area contributed by atoms with Crippen molar-refractivity contribution in [2.24, 2.45) is 0 Å². The van der Waals surface area contributed by atoms with E-state index in [1.54, 1.807) is 24.9 Å². The van der Waals surface area contributed by atoms with Crippen LogP contribution in [0.4, 0.5) is 0 Å². The molecule has 0 saturated carbocycles. The van der Waals surface area contributed by atoms with Crippen LogP contribution < -0.4 is 5.32 Å². The highest BCUT2D eigenvalue weighted by Crippen LogP contribution is 2.19. The number of fused-ring (bicyclic) bond motifs is 1. The Kier molecular flexibility index (Phi) is 3.59. The van der Waals surface area contributed by atoms with Crippen LogP contribution in [0.1, 0.15) is 16.1 Å². The zero-order chi connectivity index (χ0) is 16.4. The van der Waals surface area contributed by atoms with Gasteiger partial charge in [-0.15, -0.1) is 0 Å². The number of rotatable bonds is 4. The minimum atomic E-state index is -0.139. The van der Waals surface area contributed by atoms with Gasteiger partial charge in [-0.1, -0.05) is 18.2 Å². The van der Waals surface area contributed by atoms with Crippen LogP contribution in [0.15, 0.2) is 71.8 Å². The number of hydrogen-bond acceptors (Lipinski definition) is 3. The van der Waals surface area contributed by atoms with E-state index in [9.17, 15) is 4.79 Å². The third kappa shape index (κ3) is 2.79. The summed E-state index contributed by atoms with van der Waals surface area (Å²) in [4.78, 5) is 19.7. The van der Waals surface area contributed by atoms with Gasteiger partial charge in [-0.05, 0) is 29.8 Å². The molecule has 2 N–H and O–H groups in total. The summed E-state index contributed by atoms with van der Waals surface area (Å²) in [6.45, 7) is 0.410. The summed E-state index contributed by atoms with van der Waals surface area (Å²) in [7, 11) is 0. The minimum Gasteiger partial charge on any atom is -0.472 e. The number of aromatic amines is 1. The Morgan fingerprint density at radius 2 is 2.04 bits per heavy atom. The number of furan rings is 1. The summed E-state index contributed by atoms with van der Waals surface area (Å²) in [5, 5.41) is 3.93. The number of nitrogens with one attached hydrogen (secondary N) is 2. The van der Waals surface area contributed by atoms with Gasteiger partial charge in [-0.2, -0.15) is 0 Å². The van der Waals surface area contributed by atoms with Crippen LogP contribution in [0.2, 0.25) is 0 Å². The van der Waals surface area contributed by atoms with Gasteiger partial charge in [0.15, 0.2) is 0 Å². The van der Waals surface area contributed by atoms with Crippen LogP contribution >= 0.6 is 0 Å². The molecule has 0 saturated heterocycles. The Morgan fingerprint density at radius 1 is 1.12 bits per heavy atom. The summed E-state index contributed by atoms with van der Waals surface area (Å²) in [6, 6.07) is 13.5. The molecule has 1 amide bonds. The van der Waals surface area contributed by atoms with Gasteiger partial charge in [-0.25, -0.2) is 0 Å². The van der Waals surface area contributed by atoms with E-state index in [1.807, 2.05) is 42.5 Å². The Labute approximate surface area is 138 Å². The number of H-pyrrole nitrogens is 1. The first-order chi connectivity index (χ1) is 11.8. The van der Waals surface area contributed by atoms with E-state index in [4.69, 9.17) is 4.42 Å². The van der Waals surface area contributed by atoms with Crippen molar-refractivity contribution in [2.75, 3.05) is 0 Å². The number of para-hydroxylation sites is 1. The standard InChI is InChI=1S/C19H15N3O2/c23-19(18-8-14-3-1-2-4-17(14)22-18)21-10-13-7-16(11-20-9-13)15-5-6-24-12-15/h1-9,11-12,22H,10H2,(H,21,23). The van der Waals surface area contributed by atoms with Crippen LogP contribution in [0, 0.1) is 0 Å². The molecule has 0 radical (unpaired) electrons. The lowest BCUT2D eigenvalue weighted by Gasteiger charge is -2.05. The second kappa shape index (κ2) is 6.04. The maximum atomic E-state index is 12.3. The maximum absolute atomic E-state index is 12.3. The average Bonchev–Trinajstić information content (AvgIpc) is 3.29. The van der Waals surface area contributed by atoms with Gasteiger partial charge in [0.25, 0.3) is 5.91 Å². The number of amides is 1. The fourth-order valence-electron chi connectivity index (χ4n) is 2.64. The van der Waals surface area contributed by atoms with Crippen molar-refractivity contribution >= 4 is 16.8 Å². The lowest BCUT2D eigenvalue weighted by molar-refractivity contribution is 0.0946. The zero-order valence-corrected chi connectivity index (χ0v) is 12.8. The first-order valence-corrected chi connectivity index (χ1v) is 7.62. The van der Waals surface area contributed by atoms with Gasteiger partial charge in [0.1, 0.15) is 5.69 Å². The molecule has 4 aromatic rings. The van der Waals surface area contributed by atoms with E-state index in [0.29, 0.717) is 12.2 Å². The van der Waals surface area contributed by atoms with Crippen molar-refractivity contribution in [3.05, 3.63) is 78.6 Å². The summed E-state index contributed by atoms with van der Waals surface area (Å²) in [5.74, 6) is -0.139. The fraction of sp³-hybridized carbons (Fsp3) is 0.0526. The smallest absolute Gasteiger partial charge is 0.267 e. The minimum absolute atomic E-state index is 0.139. The van der Waals surface area contributed by atoms with Crippen molar-refractivity contribution in [1.82, 2.24) is 15.3 Å². The molecule has 24 heavy (non-hydrogen) atoms. The quantitative estimate of drug-likeness (QED) is 0.602. The number of nitrogens with zero attached hydrogens (tertiary/aromatic N) is 1. The second-order valence-electron chi connectivity index (χ2n) is 5.55. The molecule has 3 heterocycles. The second-order valence-corrected chi connectivity index (χ2v) is 5.55. The van der Waals surface area contributed by atoms with E-state index in [-0.39, 0.29) is 5.91 Å². The van der Waals surface area contributed by atoms with E-state index >= 15 is 0 Å². The maximum Gasteiger partial charge on any atom is 0.267 e. The Balaban J connectivity index is 1.48. The third-order valence-electron chi connectivity index (χ3n) is 3.88. The van der Waals surface area contributed by atoms with Crippen molar-refractivity contribution in [3.63, 3.8) is 0 Å².